The molecule has 0 aliphatic carbocycles. The van der Waals surface area contributed by atoms with Gasteiger partial charge in [0.1, 0.15) is 0 Å². The predicted molar refractivity (Wildman–Crippen MR) is 52.7 cm³/mol. The van der Waals surface area contributed by atoms with E-state index in [4.69, 9.17) is 0 Å². The highest BCUT2D eigenvalue weighted by molar-refractivity contribution is 5.17. The minimum absolute atomic E-state index is 0.580. The summed E-state index contributed by atoms with van der Waals surface area (Å²) in [6, 6.07) is 0. The van der Waals surface area contributed by atoms with Crippen molar-refractivity contribution < 1.29 is 0 Å². The van der Waals surface area contributed by atoms with Crippen molar-refractivity contribution in [2.24, 2.45) is 10.8 Å². The summed E-state index contributed by atoms with van der Waals surface area (Å²) in [5.74, 6) is 0. The van der Waals surface area contributed by atoms with Crippen LogP contribution < -0.4 is 5.32 Å². The number of nitrogens with zero attached hydrogens (tertiary/aromatic N) is 2. The lowest BCUT2D eigenvalue weighted by atomic mass is 9.71. The summed E-state index contributed by atoms with van der Waals surface area (Å²) in [5, 5.41) is 3.60. The van der Waals surface area contributed by atoms with Crippen molar-refractivity contribution in [3.05, 3.63) is 0 Å². The highest BCUT2D eigenvalue weighted by Gasteiger charge is 2.63. The molecule has 0 bridgehead atoms. The quantitative estimate of drug-likeness (QED) is 0.541. The van der Waals surface area contributed by atoms with Crippen LogP contribution in [0.5, 0.6) is 0 Å². The minimum Gasteiger partial charge on any atom is -0.315 e. The van der Waals surface area contributed by atoms with Crippen LogP contribution in [0.25, 0.3) is 0 Å². The molecule has 0 spiro atoms. The number of hydrogen-bond acceptors (Lipinski definition) is 3. The van der Waals surface area contributed by atoms with E-state index >= 15 is 0 Å². The molecule has 0 aromatic heterocycles. The van der Waals surface area contributed by atoms with Gasteiger partial charge in [-0.3, -0.25) is 0 Å². The lowest BCUT2D eigenvalue weighted by molar-refractivity contribution is 0.241. The molecule has 0 radical (unpaired) electrons. The van der Waals surface area contributed by atoms with Gasteiger partial charge >= 0.3 is 0 Å². The average Bonchev–Trinajstić information content (AvgIpc) is 2.42. The number of hydrogen-bond donors (Lipinski definition) is 1. The molecule has 0 atom stereocenters. The van der Waals surface area contributed by atoms with E-state index < -0.39 is 0 Å². The third kappa shape index (κ3) is 0.853. The molecule has 3 aliphatic rings. The van der Waals surface area contributed by atoms with Crippen LogP contribution in [0.4, 0.5) is 0 Å². The fraction of sp³-hybridized carbons (Fsp3) is 1.00. The summed E-state index contributed by atoms with van der Waals surface area (Å²) in [6.45, 7) is 7.66. The van der Waals surface area contributed by atoms with E-state index in [1.54, 1.807) is 0 Å². The Balaban J connectivity index is 2.00. The first kappa shape index (κ1) is 8.21. The van der Waals surface area contributed by atoms with Gasteiger partial charge in [0.2, 0.25) is 0 Å². The van der Waals surface area contributed by atoms with Gasteiger partial charge in [-0.1, -0.05) is 0 Å². The molecule has 3 saturated heterocycles. The van der Waals surface area contributed by atoms with Crippen molar-refractivity contribution in [2.75, 3.05) is 53.4 Å². The maximum Gasteiger partial charge on any atom is 0.0175 e. The van der Waals surface area contributed by atoms with Gasteiger partial charge in [0.25, 0.3) is 0 Å². The summed E-state index contributed by atoms with van der Waals surface area (Å²) in [7, 11) is 4.54. The SMILES string of the molecule is CN1CC23CNCC2(C1)CN(C)C3. The zero-order valence-corrected chi connectivity index (χ0v) is 8.64. The molecule has 3 fully saturated rings. The van der Waals surface area contributed by atoms with E-state index in [1.807, 2.05) is 0 Å². The Morgan fingerprint density at radius 3 is 1.62 bits per heavy atom. The second kappa shape index (κ2) is 2.27. The Morgan fingerprint density at radius 2 is 1.23 bits per heavy atom. The fourth-order valence-electron chi connectivity index (χ4n) is 4.09. The Labute approximate surface area is 80.1 Å². The Hall–Kier alpha value is -0.120. The van der Waals surface area contributed by atoms with E-state index in [9.17, 15) is 0 Å². The molecule has 0 aromatic rings. The average molecular weight is 181 g/mol. The summed E-state index contributed by atoms with van der Waals surface area (Å²) in [4.78, 5) is 5.04. The molecule has 3 aliphatic heterocycles. The minimum atomic E-state index is 0.580. The molecule has 0 saturated carbocycles. The Morgan fingerprint density at radius 1 is 0.846 bits per heavy atom. The highest BCUT2D eigenvalue weighted by atomic mass is 15.3. The van der Waals surface area contributed by atoms with E-state index in [0.717, 1.165) is 0 Å². The zero-order chi connectivity index (χ0) is 9.10. The third-order valence-corrected chi connectivity index (χ3v) is 4.34. The molecule has 13 heavy (non-hydrogen) atoms. The number of nitrogens with one attached hydrogen (secondary N) is 1. The van der Waals surface area contributed by atoms with Crippen LogP contribution in [0.3, 0.4) is 0 Å². The maximum absolute atomic E-state index is 3.60. The van der Waals surface area contributed by atoms with Gasteiger partial charge in [-0.2, -0.15) is 0 Å². The predicted octanol–water partition coefficient (Wildman–Crippen LogP) is -0.547. The smallest absolute Gasteiger partial charge is 0.0175 e. The third-order valence-electron chi connectivity index (χ3n) is 4.34. The van der Waals surface area contributed by atoms with Crippen LogP contribution in [-0.2, 0) is 0 Å². The van der Waals surface area contributed by atoms with Crippen molar-refractivity contribution in [1.82, 2.24) is 15.1 Å². The standard InChI is InChI=1S/C10H19N3/c1-12-5-9-3-11-4-10(9,6-12)8-13(2)7-9/h11H,3-8H2,1-2H3. The van der Waals surface area contributed by atoms with Gasteiger partial charge in [0.05, 0.1) is 0 Å². The molecule has 0 unspecified atom stereocenters. The van der Waals surface area contributed by atoms with Crippen molar-refractivity contribution in [1.29, 1.82) is 0 Å². The van der Waals surface area contributed by atoms with Crippen molar-refractivity contribution >= 4 is 0 Å². The van der Waals surface area contributed by atoms with E-state index in [0.29, 0.717) is 10.8 Å². The lowest BCUT2D eigenvalue weighted by Crippen LogP contribution is -2.38. The first-order valence-corrected chi connectivity index (χ1v) is 5.24. The van der Waals surface area contributed by atoms with E-state index in [1.165, 1.54) is 39.3 Å². The number of likely N-dealkylation sites (tertiary alicyclic amines) is 2. The van der Waals surface area contributed by atoms with Crippen molar-refractivity contribution in [2.45, 2.75) is 0 Å². The van der Waals surface area contributed by atoms with E-state index in [-0.39, 0.29) is 0 Å². The number of rotatable bonds is 0. The van der Waals surface area contributed by atoms with Crippen LogP contribution in [0.2, 0.25) is 0 Å². The fourth-order valence-corrected chi connectivity index (χ4v) is 4.09. The van der Waals surface area contributed by atoms with Crippen molar-refractivity contribution in [3.63, 3.8) is 0 Å². The van der Waals surface area contributed by atoms with Crippen molar-refractivity contribution in [3.8, 4) is 0 Å². The van der Waals surface area contributed by atoms with Gasteiger partial charge in [0.15, 0.2) is 0 Å². The normalized spacial score (nSPS) is 51.2. The molecule has 3 heterocycles. The summed E-state index contributed by atoms with van der Waals surface area (Å²) in [5.41, 5.74) is 1.16. The van der Waals surface area contributed by atoms with Gasteiger partial charge in [-0.05, 0) is 14.1 Å². The molecule has 0 aromatic carbocycles. The molecule has 0 amide bonds. The van der Waals surface area contributed by atoms with Crippen LogP contribution in [0.1, 0.15) is 0 Å². The first-order valence-electron chi connectivity index (χ1n) is 5.24. The monoisotopic (exact) mass is 181 g/mol. The first-order chi connectivity index (χ1) is 6.16. The summed E-state index contributed by atoms with van der Waals surface area (Å²) >= 11 is 0. The van der Waals surface area contributed by atoms with Gasteiger partial charge < -0.3 is 15.1 Å². The molecule has 3 rings (SSSR count). The summed E-state index contributed by atoms with van der Waals surface area (Å²) in [6.07, 6.45) is 0. The molecule has 3 heteroatoms. The molecular formula is C10H19N3. The second-order valence-corrected chi connectivity index (χ2v) is 5.51. The van der Waals surface area contributed by atoms with Crippen LogP contribution in [0, 0.1) is 10.8 Å². The Kier molecular flexibility index (Phi) is 1.43. The van der Waals surface area contributed by atoms with Gasteiger partial charge in [-0.25, -0.2) is 0 Å². The largest absolute Gasteiger partial charge is 0.315 e. The van der Waals surface area contributed by atoms with E-state index in [2.05, 4.69) is 29.2 Å². The topological polar surface area (TPSA) is 18.5 Å². The molecule has 1 N–H and O–H groups in total. The lowest BCUT2D eigenvalue weighted by Gasteiger charge is -2.29. The van der Waals surface area contributed by atoms with Crippen LogP contribution in [0.15, 0.2) is 0 Å². The second-order valence-electron chi connectivity index (χ2n) is 5.51. The van der Waals surface area contributed by atoms with Crippen LogP contribution in [-0.4, -0.2) is 63.2 Å². The van der Waals surface area contributed by atoms with Crippen LogP contribution >= 0.6 is 0 Å². The zero-order valence-electron chi connectivity index (χ0n) is 8.64. The Bertz CT molecular complexity index is 202. The molecule has 3 nitrogen and oxygen atoms in total. The van der Waals surface area contributed by atoms with Gasteiger partial charge in [-0.15, -0.1) is 0 Å². The molecular weight excluding hydrogens is 162 g/mol. The maximum atomic E-state index is 3.60. The molecule has 74 valence electrons. The van der Waals surface area contributed by atoms with Gasteiger partial charge in [0, 0.05) is 50.1 Å². The highest BCUT2D eigenvalue weighted by Crippen LogP contribution is 2.53. The summed E-state index contributed by atoms with van der Waals surface area (Å²) < 4.78 is 0.